The molecule has 1 unspecified atom stereocenters. The summed E-state index contributed by atoms with van der Waals surface area (Å²) in [5, 5.41) is 0. The van der Waals surface area contributed by atoms with Crippen molar-refractivity contribution in [2.24, 2.45) is 0 Å². The van der Waals surface area contributed by atoms with Crippen molar-refractivity contribution in [2.45, 2.75) is 42.2 Å². The second-order valence-electron chi connectivity index (χ2n) is 4.83. The average Bonchev–Trinajstić information content (AvgIpc) is 2.39. The third-order valence-corrected chi connectivity index (χ3v) is 6.24. The van der Waals surface area contributed by atoms with Crippen LogP contribution >= 0.6 is 0 Å². The molecule has 19 heavy (non-hydrogen) atoms. The summed E-state index contributed by atoms with van der Waals surface area (Å²) in [6, 6.07) is 7.74. The highest BCUT2D eigenvalue weighted by Crippen LogP contribution is 2.37. The fourth-order valence-electron chi connectivity index (χ4n) is 2.65. The molecule has 1 atom stereocenters. The summed E-state index contributed by atoms with van der Waals surface area (Å²) in [4.78, 5) is 24.2. The van der Waals surface area contributed by atoms with Crippen molar-refractivity contribution >= 4 is 21.4 Å². The van der Waals surface area contributed by atoms with Gasteiger partial charge in [0, 0.05) is 6.42 Å². The summed E-state index contributed by atoms with van der Waals surface area (Å²) >= 11 is 0. The van der Waals surface area contributed by atoms with E-state index in [0.717, 1.165) is 0 Å². The van der Waals surface area contributed by atoms with Crippen molar-refractivity contribution in [1.82, 2.24) is 0 Å². The number of Topliss-reactive ketones (excluding diaryl/α,β-unsaturated/α-hetero) is 2. The zero-order chi connectivity index (χ0) is 14.1. The highest BCUT2D eigenvalue weighted by atomic mass is 32.2. The van der Waals surface area contributed by atoms with Crippen molar-refractivity contribution in [2.75, 3.05) is 0 Å². The Morgan fingerprint density at radius 2 is 1.79 bits per heavy atom. The summed E-state index contributed by atoms with van der Waals surface area (Å²) in [7, 11) is -3.97. The van der Waals surface area contributed by atoms with Gasteiger partial charge in [-0.1, -0.05) is 24.6 Å². The quantitative estimate of drug-likeness (QED) is 0.793. The molecule has 1 aromatic carbocycles. The number of sulfone groups is 1. The van der Waals surface area contributed by atoms with E-state index in [1.165, 1.54) is 19.1 Å². The van der Waals surface area contributed by atoms with E-state index in [-0.39, 0.29) is 17.7 Å². The molecule has 0 aliphatic heterocycles. The summed E-state index contributed by atoms with van der Waals surface area (Å²) in [5.41, 5.74) is 0. The number of ketones is 2. The molecule has 0 heterocycles. The van der Waals surface area contributed by atoms with E-state index in [1.54, 1.807) is 18.2 Å². The van der Waals surface area contributed by atoms with E-state index >= 15 is 0 Å². The maximum atomic E-state index is 12.7. The highest BCUT2D eigenvalue weighted by molar-refractivity contribution is 7.94. The lowest BCUT2D eigenvalue weighted by atomic mass is 9.84. The Balaban J connectivity index is 2.63. The number of benzene rings is 1. The summed E-state index contributed by atoms with van der Waals surface area (Å²) in [6.07, 6.45) is 1.49. The van der Waals surface area contributed by atoms with Crippen LogP contribution in [0.3, 0.4) is 0 Å². The molecule has 1 aliphatic rings. The summed E-state index contributed by atoms with van der Waals surface area (Å²) in [5.74, 6) is -1.03. The third-order valence-electron chi connectivity index (χ3n) is 3.71. The van der Waals surface area contributed by atoms with Gasteiger partial charge in [-0.05, 0) is 31.9 Å². The van der Waals surface area contributed by atoms with Crippen molar-refractivity contribution in [3.63, 3.8) is 0 Å². The van der Waals surface area contributed by atoms with E-state index in [0.29, 0.717) is 12.8 Å². The van der Waals surface area contributed by atoms with Crippen molar-refractivity contribution in [3.8, 4) is 0 Å². The Morgan fingerprint density at radius 3 is 2.32 bits per heavy atom. The van der Waals surface area contributed by atoms with Crippen LogP contribution in [0.4, 0.5) is 0 Å². The first-order chi connectivity index (χ1) is 8.93. The summed E-state index contributed by atoms with van der Waals surface area (Å²) in [6.45, 7) is 1.20. The molecule has 0 bridgehead atoms. The molecule has 5 heteroatoms. The second-order valence-corrected chi connectivity index (χ2v) is 7.01. The molecule has 0 N–H and O–H groups in total. The standard InChI is InChI=1S/C14H16O4S/c1-11(15)14(10-6-5-9-13(14)16)19(17,18)12-7-3-2-4-8-12/h2-4,7-8H,5-6,9-10H2,1H3. The number of carbonyl (C=O) groups excluding carboxylic acids is 2. The smallest absolute Gasteiger partial charge is 0.198 e. The Bertz CT molecular complexity index is 604. The highest BCUT2D eigenvalue weighted by Gasteiger charge is 2.55. The SMILES string of the molecule is CC(=O)C1(S(=O)(=O)c2ccccc2)CCCCC1=O. The van der Waals surface area contributed by atoms with Crippen LogP contribution in [0.25, 0.3) is 0 Å². The lowest BCUT2D eigenvalue weighted by molar-refractivity contribution is -0.131. The minimum atomic E-state index is -3.97. The zero-order valence-electron chi connectivity index (χ0n) is 10.8. The van der Waals surface area contributed by atoms with Crippen LogP contribution in [0, 0.1) is 0 Å². The lowest BCUT2D eigenvalue weighted by Gasteiger charge is -2.32. The topological polar surface area (TPSA) is 68.3 Å². The normalized spacial score (nSPS) is 24.2. The maximum absolute atomic E-state index is 12.7. The van der Waals surface area contributed by atoms with Gasteiger partial charge in [0.1, 0.15) is 0 Å². The first kappa shape index (κ1) is 13.9. The van der Waals surface area contributed by atoms with E-state index in [1.807, 2.05) is 0 Å². The van der Waals surface area contributed by atoms with Gasteiger partial charge in [-0.2, -0.15) is 0 Å². The molecule has 2 rings (SSSR count). The average molecular weight is 280 g/mol. The number of rotatable bonds is 3. The molecule has 1 aromatic rings. The van der Waals surface area contributed by atoms with Crippen molar-refractivity contribution < 1.29 is 18.0 Å². The van der Waals surface area contributed by atoms with Gasteiger partial charge in [0.05, 0.1) is 4.90 Å². The van der Waals surface area contributed by atoms with Crippen LogP contribution in [0.15, 0.2) is 35.2 Å². The number of hydrogen-bond donors (Lipinski definition) is 0. The molecule has 102 valence electrons. The molecule has 0 radical (unpaired) electrons. The van der Waals surface area contributed by atoms with E-state index in [2.05, 4.69) is 0 Å². The van der Waals surface area contributed by atoms with Gasteiger partial charge in [0.25, 0.3) is 0 Å². The van der Waals surface area contributed by atoms with Crippen LogP contribution < -0.4 is 0 Å². The van der Waals surface area contributed by atoms with Crippen LogP contribution in [0.2, 0.25) is 0 Å². The van der Waals surface area contributed by atoms with Gasteiger partial charge >= 0.3 is 0 Å². The molecular weight excluding hydrogens is 264 g/mol. The van der Waals surface area contributed by atoms with Crippen LogP contribution in [0.1, 0.15) is 32.6 Å². The monoisotopic (exact) mass is 280 g/mol. The van der Waals surface area contributed by atoms with Gasteiger partial charge in [-0.3, -0.25) is 9.59 Å². The van der Waals surface area contributed by atoms with Crippen molar-refractivity contribution in [1.29, 1.82) is 0 Å². The van der Waals surface area contributed by atoms with Gasteiger partial charge in [0.15, 0.2) is 26.2 Å². The molecule has 1 fully saturated rings. The molecule has 1 aliphatic carbocycles. The van der Waals surface area contributed by atoms with Gasteiger partial charge in [-0.25, -0.2) is 8.42 Å². The molecule has 0 spiro atoms. The molecule has 0 amide bonds. The summed E-state index contributed by atoms with van der Waals surface area (Å²) < 4.78 is 23.6. The van der Waals surface area contributed by atoms with E-state index in [4.69, 9.17) is 0 Å². The minimum Gasteiger partial charge on any atom is -0.298 e. The fraction of sp³-hybridized carbons (Fsp3) is 0.429. The van der Waals surface area contributed by atoms with Crippen molar-refractivity contribution in [3.05, 3.63) is 30.3 Å². The first-order valence-electron chi connectivity index (χ1n) is 6.27. The Kier molecular flexibility index (Phi) is 3.58. The predicted octanol–water partition coefficient (Wildman–Crippen LogP) is 1.93. The van der Waals surface area contributed by atoms with E-state index < -0.39 is 26.2 Å². The van der Waals surface area contributed by atoms with Gasteiger partial charge in [-0.15, -0.1) is 0 Å². The predicted molar refractivity (Wildman–Crippen MR) is 70.5 cm³/mol. The van der Waals surface area contributed by atoms with Gasteiger partial charge in [0.2, 0.25) is 0 Å². The maximum Gasteiger partial charge on any atom is 0.198 e. The fourth-order valence-corrected chi connectivity index (χ4v) is 4.76. The second kappa shape index (κ2) is 4.89. The Morgan fingerprint density at radius 1 is 1.16 bits per heavy atom. The third kappa shape index (κ3) is 2.02. The molecule has 0 aromatic heterocycles. The first-order valence-corrected chi connectivity index (χ1v) is 7.75. The van der Waals surface area contributed by atoms with Crippen LogP contribution in [-0.4, -0.2) is 24.7 Å². The Labute approximate surface area is 112 Å². The Hall–Kier alpha value is -1.49. The van der Waals surface area contributed by atoms with Crippen LogP contribution in [0.5, 0.6) is 0 Å². The van der Waals surface area contributed by atoms with Gasteiger partial charge < -0.3 is 0 Å². The minimum absolute atomic E-state index is 0.0421. The molecule has 0 saturated heterocycles. The molecule has 4 nitrogen and oxygen atoms in total. The largest absolute Gasteiger partial charge is 0.298 e. The molecule has 1 saturated carbocycles. The zero-order valence-corrected chi connectivity index (χ0v) is 11.6. The number of carbonyl (C=O) groups is 2. The van der Waals surface area contributed by atoms with Crippen LogP contribution in [-0.2, 0) is 19.4 Å². The molecular formula is C14H16O4S. The lowest BCUT2D eigenvalue weighted by Crippen LogP contribution is -2.53. The van der Waals surface area contributed by atoms with E-state index in [9.17, 15) is 18.0 Å². The number of hydrogen-bond acceptors (Lipinski definition) is 4.